The van der Waals surface area contributed by atoms with Crippen LogP contribution in [0.25, 0.3) is 11.0 Å². The van der Waals surface area contributed by atoms with Gasteiger partial charge < -0.3 is 10.2 Å². The molecule has 2 aromatic carbocycles. The molecule has 1 saturated heterocycles. The van der Waals surface area contributed by atoms with Crippen LogP contribution in [0, 0.1) is 11.3 Å². The van der Waals surface area contributed by atoms with E-state index in [0.29, 0.717) is 17.0 Å². The lowest BCUT2D eigenvalue weighted by Crippen LogP contribution is -2.35. The summed E-state index contributed by atoms with van der Waals surface area (Å²) < 4.78 is 0. The Hall–Kier alpha value is -3.46. The first-order valence-corrected chi connectivity index (χ1v) is 10.4. The molecule has 1 aliphatic heterocycles. The maximum atomic E-state index is 13.1. The van der Waals surface area contributed by atoms with Gasteiger partial charge in [0.15, 0.2) is 11.7 Å². The highest BCUT2D eigenvalue weighted by Gasteiger charge is 2.30. The third kappa shape index (κ3) is 4.11. The summed E-state index contributed by atoms with van der Waals surface area (Å²) in [6.45, 7) is 3.64. The van der Waals surface area contributed by atoms with Gasteiger partial charge in [-0.25, -0.2) is 9.97 Å². The normalized spacial score (nSPS) is 15.9. The van der Waals surface area contributed by atoms with E-state index in [1.165, 1.54) is 6.42 Å². The number of hydrogen-bond acceptors (Lipinski definition) is 5. The molecule has 2 atom stereocenters. The Kier molecular flexibility index (Phi) is 5.89. The first-order chi connectivity index (χ1) is 14.7. The van der Waals surface area contributed by atoms with Crippen molar-refractivity contribution in [3.8, 4) is 6.07 Å². The largest absolute Gasteiger partial charge is 0.355 e. The number of carbonyl (C=O) groups is 1. The molecule has 2 unspecified atom stereocenters. The van der Waals surface area contributed by atoms with E-state index in [4.69, 9.17) is 9.97 Å². The summed E-state index contributed by atoms with van der Waals surface area (Å²) in [5.41, 5.74) is 2.90. The molecular formula is C24H25N5O. The van der Waals surface area contributed by atoms with Gasteiger partial charge in [0.05, 0.1) is 23.1 Å². The van der Waals surface area contributed by atoms with Crippen LogP contribution in [-0.4, -0.2) is 29.0 Å². The molecule has 3 aromatic rings. The van der Waals surface area contributed by atoms with Crippen LogP contribution in [0.5, 0.6) is 0 Å². The molecule has 0 saturated carbocycles. The Bertz CT molecular complexity index is 1070. The summed E-state index contributed by atoms with van der Waals surface area (Å²) >= 11 is 0. The lowest BCUT2D eigenvalue weighted by Gasteiger charge is -2.30. The van der Waals surface area contributed by atoms with E-state index >= 15 is 0 Å². The fourth-order valence-electron chi connectivity index (χ4n) is 3.90. The number of aromatic nitrogens is 2. The van der Waals surface area contributed by atoms with Gasteiger partial charge in [-0.15, -0.1) is 0 Å². The summed E-state index contributed by atoms with van der Waals surface area (Å²) in [7, 11) is 0. The molecule has 1 fully saturated rings. The van der Waals surface area contributed by atoms with Crippen molar-refractivity contribution in [1.29, 1.82) is 5.26 Å². The van der Waals surface area contributed by atoms with Crippen LogP contribution in [0.1, 0.15) is 49.4 Å². The van der Waals surface area contributed by atoms with Gasteiger partial charge in [-0.3, -0.25) is 4.79 Å². The highest BCUT2D eigenvalue weighted by molar-refractivity contribution is 5.89. The summed E-state index contributed by atoms with van der Waals surface area (Å²) in [6.07, 6.45) is 3.33. The molecule has 6 heteroatoms. The van der Waals surface area contributed by atoms with Gasteiger partial charge in [0.25, 0.3) is 0 Å². The molecule has 0 radical (unpaired) electrons. The molecule has 2 heterocycles. The van der Waals surface area contributed by atoms with Gasteiger partial charge in [-0.1, -0.05) is 42.5 Å². The smallest absolute Gasteiger partial charge is 0.244 e. The number of nitrogens with zero attached hydrogens (tertiary/aromatic N) is 4. The zero-order chi connectivity index (χ0) is 20.9. The maximum absolute atomic E-state index is 13.1. The van der Waals surface area contributed by atoms with Crippen LogP contribution in [0.4, 0.5) is 5.82 Å². The van der Waals surface area contributed by atoms with Gasteiger partial charge in [0, 0.05) is 13.1 Å². The number of para-hydroxylation sites is 2. The molecule has 6 nitrogen and oxygen atoms in total. The van der Waals surface area contributed by atoms with Crippen molar-refractivity contribution in [2.24, 2.45) is 0 Å². The minimum atomic E-state index is -1.02. The maximum Gasteiger partial charge on any atom is 0.244 e. The van der Waals surface area contributed by atoms with Crippen LogP contribution in [0.3, 0.4) is 0 Å². The van der Waals surface area contributed by atoms with Crippen molar-refractivity contribution in [2.45, 2.75) is 38.1 Å². The number of piperidine rings is 1. The Balaban J connectivity index is 1.69. The number of hydrogen-bond donors (Lipinski definition) is 1. The van der Waals surface area contributed by atoms with E-state index in [0.717, 1.165) is 37.0 Å². The first-order valence-electron chi connectivity index (χ1n) is 10.4. The van der Waals surface area contributed by atoms with E-state index in [-0.39, 0.29) is 11.9 Å². The first kappa shape index (κ1) is 19.8. The number of carbonyl (C=O) groups excluding carboxylic acids is 1. The molecular weight excluding hydrogens is 374 g/mol. The third-order valence-corrected chi connectivity index (χ3v) is 5.56. The van der Waals surface area contributed by atoms with Crippen molar-refractivity contribution in [3.05, 3.63) is 65.9 Å². The number of rotatable bonds is 5. The minimum Gasteiger partial charge on any atom is -0.355 e. The number of nitriles is 1. The number of amides is 1. The second-order valence-electron chi connectivity index (χ2n) is 7.67. The van der Waals surface area contributed by atoms with Crippen LogP contribution in [0.2, 0.25) is 0 Å². The molecule has 1 aromatic heterocycles. The Morgan fingerprint density at radius 1 is 1.00 bits per heavy atom. The quantitative estimate of drug-likeness (QED) is 0.698. The predicted molar refractivity (Wildman–Crippen MR) is 117 cm³/mol. The van der Waals surface area contributed by atoms with Crippen molar-refractivity contribution in [2.75, 3.05) is 18.0 Å². The number of fused-ring (bicyclic) bond motifs is 1. The van der Waals surface area contributed by atoms with Gasteiger partial charge in [-0.05, 0) is 43.9 Å². The van der Waals surface area contributed by atoms with E-state index in [9.17, 15) is 10.1 Å². The van der Waals surface area contributed by atoms with E-state index < -0.39 is 5.92 Å². The number of nitrogens with one attached hydrogen (secondary N) is 1. The van der Waals surface area contributed by atoms with Crippen molar-refractivity contribution >= 4 is 22.8 Å². The van der Waals surface area contributed by atoms with E-state index in [1.54, 1.807) is 0 Å². The number of benzene rings is 2. The molecule has 0 bridgehead atoms. The Morgan fingerprint density at radius 2 is 1.63 bits per heavy atom. The standard InChI is InChI=1S/C24H25N5O/c1-17(18-10-4-2-5-11-18)26-24(30)19(16-25)22-23(29-14-8-3-9-15-29)28-21-13-7-6-12-20(21)27-22/h2,4-7,10-13,17,19H,3,8-9,14-15H2,1H3,(H,26,30). The van der Waals surface area contributed by atoms with Crippen LogP contribution in [0.15, 0.2) is 54.6 Å². The van der Waals surface area contributed by atoms with Crippen LogP contribution >= 0.6 is 0 Å². The molecule has 1 amide bonds. The molecule has 0 spiro atoms. The zero-order valence-electron chi connectivity index (χ0n) is 17.1. The van der Waals surface area contributed by atoms with Crippen LogP contribution < -0.4 is 10.2 Å². The molecule has 1 aliphatic rings. The van der Waals surface area contributed by atoms with Gasteiger partial charge in [0.2, 0.25) is 5.91 Å². The van der Waals surface area contributed by atoms with Gasteiger partial charge in [-0.2, -0.15) is 5.26 Å². The van der Waals surface area contributed by atoms with E-state index in [2.05, 4.69) is 16.3 Å². The second kappa shape index (κ2) is 8.91. The summed E-state index contributed by atoms with van der Waals surface area (Å²) in [5, 5.41) is 12.9. The SMILES string of the molecule is CC(NC(=O)C(C#N)c1nc2ccccc2nc1N1CCCCC1)c1ccccc1. The fraction of sp³-hybridized carbons (Fsp3) is 0.333. The lowest BCUT2D eigenvalue weighted by molar-refractivity contribution is -0.122. The van der Waals surface area contributed by atoms with Crippen molar-refractivity contribution < 1.29 is 4.79 Å². The highest BCUT2D eigenvalue weighted by atomic mass is 16.1. The molecule has 0 aliphatic carbocycles. The highest BCUT2D eigenvalue weighted by Crippen LogP contribution is 2.29. The predicted octanol–water partition coefficient (Wildman–Crippen LogP) is 4.10. The lowest BCUT2D eigenvalue weighted by atomic mass is 10.0. The fourth-order valence-corrected chi connectivity index (χ4v) is 3.90. The second-order valence-corrected chi connectivity index (χ2v) is 7.67. The average Bonchev–Trinajstić information content (AvgIpc) is 2.80. The Labute approximate surface area is 176 Å². The molecule has 30 heavy (non-hydrogen) atoms. The average molecular weight is 399 g/mol. The van der Waals surface area contributed by atoms with Crippen LogP contribution in [-0.2, 0) is 4.79 Å². The van der Waals surface area contributed by atoms with Gasteiger partial charge in [0.1, 0.15) is 5.69 Å². The van der Waals surface area contributed by atoms with E-state index in [1.807, 2.05) is 61.5 Å². The summed E-state index contributed by atoms with van der Waals surface area (Å²) in [4.78, 5) is 24.8. The van der Waals surface area contributed by atoms with Crippen molar-refractivity contribution in [1.82, 2.24) is 15.3 Å². The summed E-state index contributed by atoms with van der Waals surface area (Å²) in [5.74, 6) is -0.718. The van der Waals surface area contributed by atoms with Crippen molar-refractivity contribution in [3.63, 3.8) is 0 Å². The topological polar surface area (TPSA) is 81.9 Å². The minimum absolute atomic E-state index is 0.207. The summed E-state index contributed by atoms with van der Waals surface area (Å²) in [6, 6.07) is 19.3. The van der Waals surface area contributed by atoms with Gasteiger partial charge >= 0.3 is 0 Å². The molecule has 1 N–H and O–H groups in total. The third-order valence-electron chi connectivity index (χ3n) is 5.56. The monoisotopic (exact) mass is 399 g/mol. The molecule has 152 valence electrons. The number of anilines is 1. The zero-order valence-corrected chi connectivity index (χ0v) is 17.1. The Morgan fingerprint density at radius 3 is 2.30 bits per heavy atom. The molecule has 4 rings (SSSR count).